The third kappa shape index (κ3) is 3.49. The quantitative estimate of drug-likeness (QED) is 0.836. The molecule has 1 aliphatic heterocycles. The van der Waals surface area contributed by atoms with Gasteiger partial charge in [0.25, 0.3) is 0 Å². The Labute approximate surface area is 102 Å². The zero-order valence-corrected chi connectivity index (χ0v) is 10.2. The van der Waals surface area contributed by atoms with E-state index >= 15 is 0 Å². The van der Waals surface area contributed by atoms with Gasteiger partial charge in [-0.05, 0) is 25.0 Å². The van der Waals surface area contributed by atoms with Crippen LogP contribution in [-0.2, 0) is 11.2 Å². The number of hydrogen-bond donors (Lipinski definition) is 1. The number of aliphatic hydroxyl groups excluding tert-OH is 1. The molecule has 1 aromatic rings. The second-order valence-corrected chi connectivity index (χ2v) is 4.59. The Morgan fingerprint density at radius 1 is 1.59 bits per heavy atom. The topological polar surface area (TPSA) is 45.6 Å². The molecule has 1 fully saturated rings. The number of rotatable bonds is 4. The molecule has 0 amide bonds. The van der Waals surface area contributed by atoms with Gasteiger partial charge in [-0.15, -0.1) is 0 Å². The van der Waals surface area contributed by atoms with Gasteiger partial charge in [-0.2, -0.15) is 0 Å². The monoisotopic (exact) mass is 236 g/mol. The summed E-state index contributed by atoms with van der Waals surface area (Å²) >= 11 is 0. The molecule has 2 atom stereocenters. The smallest absolute Gasteiger partial charge is 0.0933 e. The average molecular weight is 236 g/mol. The van der Waals surface area contributed by atoms with Gasteiger partial charge < -0.3 is 9.84 Å². The maximum atomic E-state index is 9.12. The van der Waals surface area contributed by atoms with Crippen molar-refractivity contribution in [1.82, 2.24) is 9.88 Å². The summed E-state index contributed by atoms with van der Waals surface area (Å²) in [7, 11) is 0. The fraction of sp³-hybridized carbons (Fsp3) is 0.615. The third-order valence-electron chi connectivity index (χ3n) is 3.25. The lowest BCUT2D eigenvalue weighted by atomic mass is 10.1. The van der Waals surface area contributed by atoms with E-state index < -0.39 is 0 Å². The van der Waals surface area contributed by atoms with Crippen LogP contribution in [0.2, 0.25) is 0 Å². The molecule has 0 spiro atoms. The normalized spacial score (nSPS) is 26.0. The molecule has 1 saturated heterocycles. The molecular formula is C13H20N2O2. The number of pyridine rings is 1. The molecule has 0 radical (unpaired) electrons. The van der Waals surface area contributed by atoms with Crippen LogP contribution in [0.25, 0.3) is 0 Å². The SMILES string of the molecule is CC1COC(CO)CN1CCc1cccnc1. The molecule has 2 unspecified atom stereocenters. The zero-order valence-electron chi connectivity index (χ0n) is 10.2. The van der Waals surface area contributed by atoms with Crippen molar-refractivity contribution in [3.8, 4) is 0 Å². The summed E-state index contributed by atoms with van der Waals surface area (Å²) < 4.78 is 5.52. The predicted molar refractivity (Wildman–Crippen MR) is 65.8 cm³/mol. The molecule has 0 aromatic carbocycles. The second kappa shape index (κ2) is 6.10. The minimum absolute atomic E-state index is 0.0277. The first kappa shape index (κ1) is 12.5. The minimum atomic E-state index is -0.0277. The van der Waals surface area contributed by atoms with Crippen molar-refractivity contribution in [3.05, 3.63) is 30.1 Å². The highest BCUT2D eigenvalue weighted by molar-refractivity contribution is 5.08. The maximum Gasteiger partial charge on any atom is 0.0933 e. The van der Waals surface area contributed by atoms with Crippen LogP contribution in [0.15, 0.2) is 24.5 Å². The van der Waals surface area contributed by atoms with Crippen molar-refractivity contribution in [2.45, 2.75) is 25.5 Å². The van der Waals surface area contributed by atoms with E-state index in [9.17, 15) is 0 Å². The first-order chi connectivity index (χ1) is 8.29. The van der Waals surface area contributed by atoms with E-state index in [1.54, 1.807) is 6.20 Å². The summed E-state index contributed by atoms with van der Waals surface area (Å²) in [6.45, 7) is 4.79. The molecule has 94 valence electrons. The Kier molecular flexibility index (Phi) is 4.48. The van der Waals surface area contributed by atoms with Crippen molar-refractivity contribution in [1.29, 1.82) is 0 Å². The van der Waals surface area contributed by atoms with Gasteiger partial charge >= 0.3 is 0 Å². The fourth-order valence-electron chi connectivity index (χ4n) is 2.12. The molecule has 2 rings (SSSR count). The Balaban J connectivity index is 1.85. The van der Waals surface area contributed by atoms with Crippen LogP contribution in [0.4, 0.5) is 0 Å². The number of ether oxygens (including phenoxy) is 1. The molecule has 0 saturated carbocycles. The van der Waals surface area contributed by atoms with Gasteiger partial charge in [-0.3, -0.25) is 9.88 Å². The highest BCUT2D eigenvalue weighted by Gasteiger charge is 2.24. The largest absolute Gasteiger partial charge is 0.394 e. The van der Waals surface area contributed by atoms with E-state index in [1.807, 2.05) is 12.3 Å². The predicted octanol–water partition coefficient (Wildman–Crippen LogP) is 0.706. The lowest BCUT2D eigenvalue weighted by Crippen LogP contribution is -2.50. The van der Waals surface area contributed by atoms with Crippen LogP contribution in [0, 0.1) is 0 Å². The van der Waals surface area contributed by atoms with Gasteiger partial charge in [0.15, 0.2) is 0 Å². The number of hydrogen-bond acceptors (Lipinski definition) is 4. The van der Waals surface area contributed by atoms with Gasteiger partial charge in [0.2, 0.25) is 0 Å². The van der Waals surface area contributed by atoms with E-state index in [0.717, 1.165) is 19.5 Å². The summed E-state index contributed by atoms with van der Waals surface area (Å²) in [4.78, 5) is 6.49. The van der Waals surface area contributed by atoms with Crippen LogP contribution >= 0.6 is 0 Å². The average Bonchev–Trinajstić information content (AvgIpc) is 2.39. The highest BCUT2D eigenvalue weighted by Crippen LogP contribution is 2.12. The van der Waals surface area contributed by atoms with Crippen molar-refractivity contribution < 1.29 is 9.84 Å². The summed E-state index contributed by atoms with van der Waals surface area (Å²) in [5, 5.41) is 9.12. The van der Waals surface area contributed by atoms with Gasteiger partial charge in [0.05, 0.1) is 19.3 Å². The number of morpholine rings is 1. The van der Waals surface area contributed by atoms with E-state index in [-0.39, 0.29) is 12.7 Å². The van der Waals surface area contributed by atoms with Crippen molar-refractivity contribution in [2.24, 2.45) is 0 Å². The molecule has 1 aliphatic rings. The van der Waals surface area contributed by atoms with Crippen molar-refractivity contribution in [3.63, 3.8) is 0 Å². The molecule has 4 heteroatoms. The zero-order chi connectivity index (χ0) is 12.1. The lowest BCUT2D eigenvalue weighted by molar-refractivity contribution is -0.0773. The van der Waals surface area contributed by atoms with Gasteiger partial charge in [-0.25, -0.2) is 0 Å². The molecule has 17 heavy (non-hydrogen) atoms. The molecule has 4 nitrogen and oxygen atoms in total. The fourth-order valence-corrected chi connectivity index (χ4v) is 2.12. The van der Waals surface area contributed by atoms with E-state index in [0.29, 0.717) is 12.6 Å². The Bertz CT molecular complexity index is 331. The standard InChI is InChI=1S/C13H20N2O2/c1-11-10-17-13(9-16)8-15(11)6-4-12-3-2-5-14-7-12/h2-3,5,7,11,13,16H,4,6,8-10H2,1H3. The Morgan fingerprint density at radius 3 is 3.18 bits per heavy atom. The van der Waals surface area contributed by atoms with E-state index in [4.69, 9.17) is 9.84 Å². The Morgan fingerprint density at radius 2 is 2.47 bits per heavy atom. The molecular weight excluding hydrogens is 216 g/mol. The molecule has 1 aromatic heterocycles. The van der Waals surface area contributed by atoms with Crippen LogP contribution in [0.3, 0.4) is 0 Å². The summed E-state index contributed by atoms with van der Waals surface area (Å²) in [6.07, 6.45) is 4.67. The van der Waals surface area contributed by atoms with E-state index in [2.05, 4.69) is 22.9 Å². The summed E-state index contributed by atoms with van der Waals surface area (Å²) in [6, 6.07) is 4.49. The molecule has 1 N–H and O–H groups in total. The minimum Gasteiger partial charge on any atom is -0.394 e. The van der Waals surface area contributed by atoms with Gasteiger partial charge in [-0.1, -0.05) is 6.07 Å². The molecule has 0 aliphatic carbocycles. The maximum absolute atomic E-state index is 9.12. The summed E-state index contributed by atoms with van der Waals surface area (Å²) in [5.74, 6) is 0. The third-order valence-corrected chi connectivity index (χ3v) is 3.25. The van der Waals surface area contributed by atoms with Gasteiger partial charge in [0.1, 0.15) is 0 Å². The van der Waals surface area contributed by atoms with Crippen LogP contribution in [0.5, 0.6) is 0 Å². The van der Waals surface area contributed by atoms with Crippen molar-refractivity contribution >= 4 is 0 Å². The van der Waals surface area contributed by atoms with Crippen LogP contribution in [0.1, 0.15) is 12.5 Å². The number of aliphatic hydroxyl groups is 1. The van der Waals surface area contributed by atoms with Crippen molar-refractivity contribution in [2.75, 3.05) is 26.3 Å². The first-order valence-corrected chi connectivity index (χ1v) is 6.15. The first-order valence-electron chi connectivity index (χ1n) is 6.15. The molecule has 2 heterocycles. The summed E-state index contributed by atoms with van der Waals surface area (Å²) in [5.41, 5.74) is 1.26. The van der Waals surface area contributed by atoms with Gasteiger partial charge in [0, 0.05) is 31.5 Å². The molecule has 0 bridgehead atoms. The van der Waals surface area contributed by atoms with Crippen LogP contribution in [-0.4, -0.2) is 53.4 Å². The highest BCUT2D eigenvalue weighted by atomic mass is 16.5. The number of nitrogens with zero attached hydrogens (tertiary/aromatic N) is 2. The Hall–Kier alpha value is -0.970. The van der Waals surface area contributed by atoms with E-state index in [1.165, 1.54) is 5.56 Å². The second-order valence-electron chi connectivity index (χ2n) is 4.59. The number of aromatic nitrogens is 1. The van der Waals surface area contributed by atoms with Crippen LogP contribution < -0.4 is 0 Å². The lowest BCUT2D eigenvalue weighted by Gasteiger charge is -2.37.